The van der Waals surface area contributed by atoms with Crippen LogP contribution in [-0.2, 0) is 4.79 Å². The van der Waals surface area contributed by atoms with Crippen LogP contribution in [0.2, 0.25) is 10.0 Å². The molecule has 25 heavy (non-hydrogen) atoms. The van der Waals surface area contributed by atoms with E-state index in [1.54, 1.807) is 49.4 Å². The Kier molecular flexibility index (Phi) is 5.33. The number of fused-ring (bicyclic) bond motifs is 1. The predicted molar refractivity (Wildman–Crippen MR) is 99.2 cm³/mol. The number of nitrogens with zero attached hydrogens (tertiary/aromatic N) is 1. The summed E-state index contributed by atoms with van der Waals surface area (Å²) in [5.41, 5.74) is 0.682. The first-order valence-corrected chi connectivity index (χ1v) is 8.45. The van der Waals surface area contributed by atoms with Crippen LogP contribution in [0.1, 0.15) is 6.92 Å². The van der Waals surface area contributed by atoms with Gasteiger partial charge in [0.15, 0.2) is 6.10 Å². The fraction of sp³-hybridized carbons (Fsp3) is 0.111. The van der Waals surface area contributed by atoms with Crippen LogP contribution in [0.4, 0.5) is 0 Å². The summed E-state index contributed by atoms with van der Waals surface area (Å²) >= 11 is 17.4. The van der Waals surface area contributed by atoms with Crippen LogP contribution in [0, 0.1) is 0 Å². The van der Waals surface area contributed by atoms with Crippen LogP contribution in [0.5, 0.6) is 17.4 Å². The third-order valence-electron chi connectivity index (χ3n) is 3.38. The second-order valence-electron chi connectivity index (χ2n) is 5.25. The lowest BCUT2D eigenvalue weighted by molar-refractivity contribution is -0.117. The van der Waals surface area contributed by atoms with Crippen LogP contribution in [0.25, 0.3) is 10.9 Å². The van der Waals surface area contributed by atoms with Crippen molar-refractivity contribution in [1.29, 1.82) is 0 Å². The topological polar surface area (TPSA) is 48.4 Å². The summed E-state index contributed by atoms with van der Waals surface area (Å²) in [6, 6.07) is 13.8. The third-order valence-corrected chi connectivity index (χ3v) is 4.41. The van der Waals surface area contributed by atoms with Gasteiger partial charge in [0.25, 0.3) is 5.24 Å². The minimum Gasteiger partial charge on any atom is -0.482 e. The number of pyridine rings is 1. The van der Waals surface area contributed by atoms with Crippen LogP contribution < -0.4 is 9.47 Å². The molecule has 128 valence electrons. The Hall–Kier alpha value is -2.01. The molecule has 3 aromatic rings. The van der Waals surface area contributed by atoms with Gasteiger partial charge in [-0.3, -0.25) is 4.79 Å². The first-order chi connectivity index (χ1) is 11.9. The van der Waals surface area contributed by atoms with E-state index in [-0.39, 0.29) is 0 Å². The number of benzene rings is 2. The van der Waals surface area contributed by atoms with E-state index in [0.717, 1.165) is 5.39 Å². The maximum atomic E-state index is 11.0. The molecule has 3 rings (SSSR count). The van der Waals surface area contributed by atoms with Crippen molar-refractivity contribution >= 4 is 50.9 Å². The molecule has 0 aliphatic carbocycles. The molecule has 0 amide bonds. The number of hydrogen-bond donors (Lipinski definition) is 0. The number of carbonyl (C=O) groups is 1. The molecule has 0 radical (unpaired) electrons. The van der Waals surface area contributed by atoms with Crippen molar-refractivity contribution < 1.29 is 14.3 Å². The fourth-order valence-corrected chi connectivity index (χ4v) is 2.49. The molecule has 1 heterocycles. The van der Waals surface area contributed by atoms with Gasteiger partial charge in [-0.1, -0.05) is 23.2 Å². The van der Waals surface area contributed by atoms with E-state index >= 15 is 0 Å². The molecule has 0 saturated heterocycles. The summed E-state index contributed by atoms with van der Waals surface area (Å²) in [5.74, 6) is 1.51. The van der Waals surface area contributed by atoms with E-state index in [4.69, 9.17) is 44.3 Å². The molecule has 0 aliphatic heterocycles. The maximum Gasteiger partial charge on any atom is 0.262 e. The Bertz CT molecular complexity index is 929. The molecule has 1 atom stereocenters. The third kappa shape index (κ3) is 4.34. The van der Waals surface area contributed by atoms with E-state index in [0.29, 0.717) is 32.9 Å². The SMILES string of the molecule is CC(Oc1ccc(Oc2ccc3cc(Cl)c(Cl)cc3n2)cc1)C(=O)Cl. The molecular weight excluding hydrogens is 385 g/mol. The number of rotatable bonds is 5. The first kappa shape index (κ1) is 17.8. The molecule has 2 aromatic carbocycles. The van der Waals surface area contributed by atoms with Gasteiger partial charge in [-0.25, -0.2) is 4.98 Å². The molecule has 0 fully saturated rings. The highest BCUT2D eigenvalue weighted by Crippen LogP contribution is 2.29. The van der Waals surface area contributed by atoms with Crippen LogP contribution in [0.15, 0.2) is 48.5 Å². The van der Waals surface area contributed by atoms with Crippen molar-refractivity contribution in [3.63, 3.8) is 0 Å². The van der Waals surface area contributed by atoms with Crippen LogP contribution in [-0.4, -0.2) is 16.3 Å². The van der Waals surface area contributed by atoms with Crippen molar-refractivity contribution in [2.24, 2.45) is 0 Å². The van der Waals surface area contributed by atoms with Gasteiger partial charge in [0.2, 0.25) is 5.88 Å². The quantitative estimate of drug-likeness (QED) is 0.506. The van der Waals surface area contributed by atoms with Gasteiger partial charge in [-0.15, -0.1) is 0 Å². The molecule has 0 N–H and O–H groups in total. The largest absolute Gasteiger partial charge is 0.482 e. The minimum atomic E-state index is -0.716. The monoisotopic (exact) mass is 395 g/mol. The van der Waals surface area contributed by atoms with Crippen molar-refractivity contribution in [3.05, 3.63) is 58.6 Å². The van der Waals surface area contributed by atoms with Crippen molar-refractivity contribution in [1.82, 2.24) is 4.98 Å². The van der Waals surface area contributed by atoms with Crippen LogP contribution >= 0.6 is 34.8 Å². The summed E-state index contributed by atoms with van der Waals surface area (Å²) < 4.78 is 11.1. The lowest BCUT2D eigenvalue weighted by Gasteiger charge is -2.11. The Labute approximate surface area is 159 Å². The molecule has 0 spiro atoms. The van der Waals surface area contributed by atoms with Gasteiger partial charge >= 0.3 is 0 Å². The lowest BCUT2D eigenvalue weighted by Crippen LogP contribution is -2.18. The number of aromatic nitrogens is 1. The average Bonchev–Trinajstić information content (AvgIpc) is 2.58. The first-order valence-electron chi connectivity index (χ1n) is 7.32. The summed E-state index contributed by atoms with van der Waals surface area (Å²) in [6.45, 7) is 1.58. The molecule has 4 nitrogen and oxygen atoms in total. The van der Waals surface area contributed by atoms with Crippen LogP contribution in [0.3, 0.4) is 0 Å². The van der Waals surface area contributed by atoms with Gasteiger partial charge in [0.1, 0.15) is 11.5 Å². The average molecular weight is 397 g/mol. The lowest BCUT2D eigenvalue weighted by atomic mass is 10.2. The van der Waals surface area contributed by atoms with Gasteiger partial charge in [0.05, 0.1) is 15.6 Å². The maximum absolute atomic E-state index is 11.0. The van der Waals surface area contributed by atoms with Gasteiger partial charge in [-0.05, 0) is 61.0 Å². The van der Waals surface area contributed by atoms with Gasteiger partial charge in [-0.2, -0.15) is 0 Å². The molecular formula is C18H12Cl3NO3. The second kappa shape index (κ2) is 7.48. The Balaban J connectivity index is 1.77. The molecule has 0 bridgehead atoms. The van der Waals surface area contributed by atoms with E-state index < -0.39 is 11.3 Å². The van der Waals surface area contributed by atoms with Gasteiger partial charge in [0, 0.05) is 11.5 Å². The molecule has 0 aliphatic rings. The van der Waals surface area contributed by atoms with Crippen molar-refractivity contribution in [3.8, 4) is 17.4 Å². The number of ether oxygens (including phenoxy) is 2. The minimum absolute atomic E-state index is 0.420. The smallest absolute Gasteiger partial charge is 0.262 e. The number of carbonyl (C=O) groups excluding carboxylic acids is 1. The zero-order chi connectivity index (χ0) is 18.0. The zero-order valence-corrected chi connectivity index (χ0v) is 15.3. The highest BCUT2D eigenvalue weighted by atomic mass is 35.5. The number of hydrogen-bond acceptors (Lipinski definition) is 4. The van der Waals surface area contributed by atoms with Gasteiger partial charge < -0.3 is 9.47 Å². The summed E-state index contributed by atoms with van der Waals surface area (Å²) in [7, 11) is 0. The Morgan fingerprint density at radius 2 is 1.64 bits per heavy atom. The molecule has 7 heteroatoms. The van der Waals surface area contributed by atoms with E-state index in [2.05, 4.69) is 4.98 Å². The molecule has 1 unspecified atom stereocenters. The Morgan fingerprint density at radius 3 is 2.32 bits per heavy atom. The molecule has 0 saturated carbocycles. The highest BCUT2D eigenvalue weighted by Gasteiger charge is 2.11. The van der Waals surface area contributed by atoms with E-state index in [1.807, 2.05) is 6.07 Å². The zero-order valence-electron chi connectivity index (χ0n) is 13.0. The summed E-state index contributed by atoms with van der Waals surface area (Å²) in [6.07, 6.45) is -0.716. The second-order valence-corrected chi connectivity index (χ2v) is 6.43. The standard InChI is InChI=1S/C18H12Cl3NO3/c1-10(18(21)23)24-12-3-5-13(6-4-12)25-17-7-2-11-8-14(19)15(20)9-16(11)22-17/h2-10H,1H3. The van der Waals surface area contributed by atoms with E-state index in [1.165, 1.54) is 0 Å². The molecule has 1 aromatic heterocycles. The highest BCUT2D eigenvalue weighted by molar-refractivity contribution is 6.64. The van der Waals surface area contributed by atoms with Crippen molar-refractivity contribution in [2.75, 3.05) is 0 Å². The predicted octanol–water partition coefficient (Wildman–Crippen LogP) is 5.87. The van der Waals surface area contributed by atoms with Crippen molar-refractivity contribution in [2.45, 2.75) is 13.0 Å². The fourth-order valence-electron chi connectivity index (χ4n) is 2.11. The number of halogens is 3. The Morgan fingerprint density at radius 1 is 1.00 bits per heavy atom. The normalized spacial score (nSPS) is 12.0. The summed E-state index contributed by atoms with van der Waals surface area (Å²) in [4.78, 5) is 15.4. The summed E-state index contributed by atoms with van der Waals surface area (Å²) in [5, 5.41) is 1.22. The van der Waals surface area contributed by atoms with E-state index in [9.17, 15) is 4.79 Å².